The highest BCUT2D eigenvalue weighted by molar-refractivity contribution is 14.1. The first kappa shape index (κ1) is 12.7. The smallest absolute Gasteiger partial charge is 0.112 e. The van der Waals surface area contributed by atoms with Gasteiger partial charge in [0.1, 0.15) is 6.17 Å². The quantitative estimate of drug-likeness (QED) is 0.434. The second-order valence-electron chi connectivity index (χ2n) is 4.44. The van der Waals surface area contributed by atoms with Crippen molar-refractivity contribution in [3.05, 3.63) is 0 Å². The number of alkyl halides is 2. The van der Waals surface area contributed by atoms with E-state index in [1.54, 1.807) is 0 Å². The van der Waals surface area contributed by atoms with Gasteiger partial charge in [0.2, 0.25) is 0 Å². The van der Waals surface area contributed by atoms with Gasteiger partial charge in [0.15, 0.2) is 0 Å². The normalized spacial score (nSPS) is 33.0. The van der Waals surface area contributed by atoms with Crippen molar-refractivity contribution in [3.63, 3.8) is 0 Å². The molecule has 0 amide bonds. The minimum atomic E-state index is -0.546. The molecule has 0 aromatic carbocycles. The van der Waals surface area contributed by atoms with Gasteiger partial charge in [-0.1, -0.05) is 74.0 Å². The Bertz CT molecular complexity index is 122. The Labute approximate surface area is 101 Å². The predicted octanol–water partition coefficient (Wildman–Crippen LogP) is 5.04. The Morgan fingerprint density at radius 2 is 1.14 bits per heavy atom. The molecule has 14 heavy (non-hydrogen) atoms. The van der Waals surface area contributed by atoms with E-state index in [0.717, 1.165) is 19.3 Å². The van der Waals surface area contributed by atoms with Gasteiger partial charge in [-0.15, -0.1) is 0 Å². The molecule has 0 aromatic heterocycles. The molecule has 0 aromatic rings. The van der Waals surface area contributed by atoms with Crippen LogP contribution < -0.4 is 0 Å². The third-order valence-electron chi connectivity index (χ3n) is 3.10. The molecule has 1 fully saturated rings. The fourth-order valence-electron chi connectivity index (χ4n) is 2.10. The molecular formula is C12H22FI. The molecule has 0 saturated heterocycles. The van der Waals surface area contributed by atoms with E-state index in [2.05, 4.69) is 22.6 Å². The number of halogens is 2. The standard InChI is InChI=1S/C12H22FI/c13-11-9-7-5-3-1-2-4-6-8-10-12(11)14/h11-12H,1-10H2/t11?,12-/m1/s1. The van der Waals surface area contributed by atoms with E-state index >= 15 is 0 Å². The van der Waals surface area contributed by atoms with Gasteiger partial charge < -0.3 is 0 Å². The van der Waals surface area contributed by atoms with Crippen molar-refractivity contribution in [3.8, 4) is 0 Å². The van der Waals surface area contributed by atoms with Gasteiger partial charge in [-0.3, -0.25) is 0 Å². The van der Waals surface area contributed by atoms with E-state index in [1.165, 1.54) is 44.9 Å². The highest BCUT2D eigenvalue weighted by Crippen LogP contribution is 2.24. The van der Waals surface area contributed by atoms with Crippen LogP contribution in [0.25, 0.3) is 0 Å². The van der Waals surface area contributed by atoms with E-state index < -0.39 is 6.17 Å². The highest BCUT2D eigenvalue weighted by atomic mass is 127. The summed E-state index contributed by atoms with van der Waals surface area (Å²) in [6, 6.07) is 0. The van der Waals surface area contributed by atoms with Crippen LogP contribution in [0.2, 0.25) is 0 Å². The van der Waals surface area contributed by atoms with Crippen LogP contribution in [0.3, 0.4) is 0 Å². The monoisotopic (exact) mass is 312 g/mol. The fourth-order valence-corrected chi connectivity index (χ4v) is 2.90. The summed E-state index contributed by atoms with van der Waals surface area (Å²) < 4.78 is 13.8. The lowest BCUT2D eigenvalue weighted by molar-refractivity contribution is 0.292. The van der Waals surface area contributed by atoms with Gasteiger partial charge in [-0.25, -0.2) is 4.39 Å². The SMILES string of the molecule is FC1CCCCCCCCCC[C@H]1I. The lowest BCUT2D eigenvalue weighted by Gasteiger charge is -2.16. The minimum Gasteiger partial charge on any atom is -0.246 e. The molecule has 84 valence electrons. The molecule has 0 heterocycles. The van der Waals surface area contributed by atoms with Crippen LogP contribution in [0.4, 0.5) is 4.39 Å². The summed E-state index contributed by atoms with van der Waals surface area (Å²) in [7, 11) is 0. The molecule has 1 unspecified atom stereocenters. The molecule has 0 nitrogen and oxygen atoms in total. The molecule has 0 N–H and O–H groups in total. The summed E-state index contributed by atoms with van der Waals surface area (Å²) >= 11 is 2.30. The van der Waals surface area contributed by atoms with Crippen LogP contribution in [0.15, 0.2) is 0 Å². The zero-order valence-corrected chi connectivity index (χ0v) is 11.1. The van der Waals surface area contributed by atoms with Gasteiger partial charge in [-0.2, -0.15) is 0 Å². The van der Waals surface area contributed by atoms with E-state index in [0.29, 0.717) is 0 Å². The van der Waals surface area contributed by atoms with E-state index in [-0.39, 0.29) is 3.92 Å². The van der Waals surface area contributed by atoms with E-state index in [4.69, 9.17) is 0 Å². The third kappa shape index (κ3) is 5.52. The zero-order valence-electron chi connectivity index (χ0n) is 8.98. The molecule has 1 aliphatic carbocycles. The van der Waals surface area contributed by atoms with Gasteiger partial charge in [-0.05, 0) is 12.8 Å². The van der Waals surface area contributed by atoms with Crippen molar-refractivity contribution >= 4 is 22.6 Å². The summed E-state index contributed by atoms with van der Waals surface area (Å²) in [5, 5.41) is 0. The molecule has 0 bridgehead atoms. The Morgan fingerprint density at radius 3 is 1.71 bits per heavy atom. The highest BCUT2D eigenvalue weighted by Gasteiger charge is 2.17. The maximum atomic E-state index is 13.6. The summed E-state index contributed by atoms with van der Waals surface area (Å²) in [6.07, 6.45) is 11.7. The van der Waals surface area contributed by atoms with E-state index in [1.807, 2.05) is 0 Å². The topological polar surface area (TPSA) is 0 Å². The zero-order chi connectivity index (χ0) is 10.2. The van der Waals surface area contributed by atoms with Crippen molar-refractivity contribution in [2.24, 2.45) is 0 Å². The average Bonchev–Trinajstić information content (AvgIpc) is 2.18. The first-order chi connectivity index (χ1) is 6.80. The Balaban J connectivity index is 2.23. The first-order valence-electron chi connectivity index (χ1n) is 6.09. The second kappa shape index (κ2) is 7.89. The average molecular weight is 312 g/mol. The number of hydrogen-bond acceptors (Lipinski definition) is 0. The number of rotatable bonds is 0. The van der Waals surface area contributed by atoms with Gasteiger partial charge in [0.05, 0.1) is 0 Å². The maximum absolute atomic E-state index is 13.6. The van der Waals surface area contributed by atoms with Crippen LogP contribution in [-0.2, 0) is 0 Å². The Hall–Kier alpha value is 0.660. The molecule has 0 spiro atoms. The fraction of sp³-hybridized carbons (Fsp3) is 1.00. The Morgan fingerprint density at radius 1 is 0.714 bits per heavy atom. The lowest BCUT2D eigenvalue weighted by Crippen LogP contribution is -2.15. The van der Waals surface area contributed by atoms with Crippen LogP contribution in [0.1, 0.15) is 64.2 Å². The third-order valence-corrected chi connectivity index (χ3v) is 4.51. The molecule has 1 aliphatic rings. The summed E-state index contributed by atoms with van der Waals surface area (Å²) in [5.74, 6) is 0. The van der Waals surface area contributed by atoms with Gasteiger partial charge >= 0.3 is 0 Å². The maximum Gasteiger partial charge on any atom is 0.112 e. The van der Waals surface area contributed by atoms with Crippen molar-refractivity contribution in [2.45, 2.75) is 74.3 Å². The van der Waals surface area contributed by atoms with Crippen LogP contribution >= 0.6 is 22.6 Å². The summed E-state index contributed by atoms with van der Waals surface area (Å²) in [5.41, 5.74) is 0. The summed E-state index contributed by atoms with van der Waals surface area (Å²) in [6.45, 7) is 0. The van der Waals surface area contributed by atoms with Crippen molar-refractivity contribution in [1.82, 2.24) is 0 Å². The Kier molecular flexibility index (Phi) is 7.17. The largest absolute Gasteiger partial charge is 0.246 e. The van der Waals surface area contributed by atoms with Crippen LogP contribution in [0.5, 0.6) is 0 Å². The molecule has 0 radical (unpaired) electrons. The van der Waals surface area contributed by atoms with Crippen LogP contribution in [0, 0.1) is 0 Å². The number of hydrogen-bond donors (Lipinski definition) is 0. The minimum absolute atomic E-state index is 0.270. The van der Waals surface area contributed by atoms with Gasteiger partial charge in [0, 0.05) is 3.92 Å². The first-order valence-corrected chi connectivity index (χ1v) is 7.33. The van der Waals surface area contributed by atoms with E-state index in [9.17, 15) is 4.39 Å². The van der Waals surface area contributed by atoms with Crippen LogP contribution in [-0.4, -0.2) is 10.1 Å². The van der Waals surface area contributed by atoms with Crippen molar-refractivity contribution in [2.75, 3.05) is 0 Å². The molecule has 1 rings (SSSR count). The molecule has 2 heteroatoms. The molecule has 0 aliphatic heterocycles. The molecule has 1 saturated carbocycles. The molecular weight excluding hydrogens is 290 g/mol. The predicted molar refractivity (Wildman–Crippen MR) is 68.9 cm³/mol. The van der Waals surface area contributed by atoms with Gasteiger partial charge in [0.25, 0.3) is 0 Å². The second-order valence-corrected chi connectivity index (χ2v) is 6.04. The summed E-state index contributed by atoms with van der Waals surface area (Å²) in [4.78, 5) is 0. The van der Waals surface area contributed by atoms with Crippen molar-refractivity contribution in [1.29, 1.82) is 0 Å². The molecule has 2 atom stereocenters. The lowest BCUT2D eigenvalue weighted by atomic mass is 10.0. The van der Waals surface area contributed by atoms with Crippen molar-refractivity contribution < 1.29 is 4.39 Å².